The molecule has 8 atom stereocenters. The highest BCUT2D eigenvalue weighted by molar-refractivity contribution is 5.93. The second kappa shape index (κ2) is 4.90. The van der Waals surface area contributed by atoms with E-state index in [0.717, 1.165) is 47.3 Å². The van der Waals surface area contributed by atoms with E-state index >= 15 is 0 Å². The summed E-state index contributed by atoms with van der Waals surface area (Å²) in [7, 11) is 0. The van der Waals surface area contributed by atoms with Crippen molar-refractivity contribution in [2.75, 3.05) is 0 Å². The number of benzene rings is 2. The van der Waals surface area contributed by atoms with Gasteiger partial charge >= 0.3 is 0 Å². The van der Waals surface area contributed by atoms with Crippen molar-refractivity contribution < 1.29 is 0 Å². The Labute approximate surface area is 152 Å². The lowest BCUT2D eigenvalue weighted by Crippen LogP contribution is -2.32. The molecule has 3 saturated carbocycles. The third kappa shape index (κ3) is 1.61. The molecular weight excluding hydrogens is 300 g/mol. The molecule has 0 spiro atoms. The zero-order chi connectivity index (χ0) is 16.9. The molecule has 4 aliphatic carbocycles. The van der Waals surface area contributed by atoms with Crippen molar-refractivity contribution in [1.29, 1.82) is 0 Å². The molecule has 25 heavy (non-hydrogen) atoms. The van der Waals surface area contributed by atoms with Crippen molar-refractivity contribution >= 4 is 10.8 Å². The van der Waals surface area contributed by atoms with Gasteiger partial charge < -0.3 is 0 Å². The quantitative estimate of drug-likeness (QED) is 0.577. The Balaban J connectivity index is 1.56. The van der Waals surface area contributed by atoms with E-state index in [2.05, 4.69) is 51.1 Å². The van der Waals surface area contributed by atoms with Crippen LogP contribution < -0.4 is 0 Å². The minimum absolute atomic E-state index is 0.843. The predicted molar refractivity (Wildman–Crippen MR) is 105 cm³/mol. The molecule has 6 rings (SSSR count). The zero-order valence-electron chi connectivity index (χ0n) is 15.8. The average Bonchev–Trinajstić information content (AvgIpc) is 3.35. The van der Waals surface area contributed by atoms with Crippen LogP contribution in [0.5, 0.6) is 0 Å². The molecule has 3 fully saturated rings. The first-order valence-electron chi connectivity index (χ1n) is 10.8. The first-order valence-corrected chi connectivity index (χ1v) is 10.8. The number of rotatable bonds is 2. The van der Waals surface area contributed by atoms with Gasteiger partial charge in [0.2, 0.25) is 0 Å². The van der Waals surface area contributed by atoms with Crippen LogP contribution in [0.25, 0.3) is 10.8 Å². The summed E-state index contributed by atoms with van der Waals surface area (Å²) >= 11 is 0. The molecule has 4 aliphatic rings. The third-order valence-corrected chi connectivity index (χ3v) is 9.06. The second-order valence-corrected chi connectivity index (χ2v) is 9.58. The third-order valence-electron chi connectivity index (χ3n) is 9.06. The van der Waals surface area contributed by atoms with Gasteiger partial charge in [-0.3, -0.25) is 0 Å². The molecule has 130 valence electrons. The zero-order valence-corrected chi connectivity index (χ0v) is 15.8. The van der Waals surface area contributed by atoms with E-state index in [-0.39, 0.29) is 0 Å². The van der Waals surface area contributed by atoms with Gasteiger partial charge in [-0.2, -0.15) is 0 Å². The Morgan fingerprint density at radius 2 is 1.56 bits per heavy atom. The molecular formula is C25H30. The van der Waals surface area contributed by atoms with Gasteiger partial charge in [-0.25, -0.2) is 0 Å². The summed E-state index contributed by atoms with van der Waals surface area (Å²) < 4.78 is 0. The number of fused-ring (bicyclic) bond motifs is 10. The smallest absolute Gasteiger partial charge is 0.00499 e. The van der Waals surface area contributed by atoms with Crippen molar-refractivity contribution in [3.8, 4) is 0 Å². The largest absolute Gasteiger partial charge is 0.0651 e. The van der Waals surface area contributed by atoms with Crippen molar-refractivity contribution in [3.05, 3.63) is 47.0 Å². The maximum Gasteiger partial charge on any atom is -0.00499 e. The maximum absolute atomic E-state index is 2.48. The number of hydrogen-bond donors (Lipinski definition) is 0. The summed E-state index contributed by atoms with van der Waals surface area (Å²) in [5, 5.41) is 3.16. The summed E-state index contributed by atoms with van der Waals surface area (Å²) in [6.45, 7) is 7.29. The van der Waals surface area contributed by atoms with Gasteiger partial charge in [-0.1, -0.05) is 57.0 Å². The first kappa shape index (κ1) is 14.8. The van der Waals surface area contributed by atoms with Gasteiger partial charge in [-0.15, -0.1) is 0 Å². The van der Waals surface area contributed by atoms with Crippen LogP contribution in [0.15, 0.2) is 30.3 Å². The first-order chi connectivity index (χ1) is 12.2. The molecule has 0 heteroatoms. The molecule has 2 aromatic rings. The van der Waals surface area contributed by atoms with E-state index < -0.39 is 0 Å². The van der Waals surface area contributed by atoms with Crippen LogP contribution in [0.3, 0.4) is 0 Å². The normalized spacial score (nSPS) is 43.0. The monoisotopic (exact) mass is 330 g/mol. The van der Waals surface area contributed by atoms with Crippen LogP contribution >= 0.6 is 0 Å². The fourth-order valence-electron chi connectivity index (χ4n) is 8.48. The van der Waals surface area contributed by atoms with Crippen molar-refractivity contribution in [2.45, 2.75) is 58.3 Å². The van der Waals surface area contributed by atoms with Crippen LogP contribution in [0.2, 0.25) is 0 Å². The molecule has 0 nitrogen and oxygen atoms in total. The minimum Gasteiger partial charge on any atom is -0.0651 e. The Morgan fingerprint density at radius 1 is 0.840 bits per heavy atom. The second-order valence-electron chi connectivity index (χ2n) is 9.58. The molecule has 0 saturated heterocycles. The van der Waals surface area contributed by atoms with Crippen LogP contribution in [-0.2, 0) is 0 Å². The van der Waals surface area contributed by atoms with Crippen LogP contribution in [0.4, 0.5) is 0 Å². The molecule has 0 heterocycles. The molecule has 2 aromatic carbocycles. The standard InChI is InChI=1S/C25H30/c1-4-14-11-15(5-2)22-19-12-18(21(14)22)24-17-8-6-7-16-10-9-13(3)20(23(16)17)25(19)24/h6-10,14-15,18-19,21-22,24-25H,4-5,11-12H2,1-3H3. The highest BCUT2D eigenvalue weighted by Gasteiger charge is 2.65. The highest BCUT2D eigenvalue weighted by Crippen LogP contribution is 2.74. The summed E-state index contributed by atoms with van der Waals surface area (Å²) in [5.74, 6) is 7.71. The Morgan fingerprint density at radius 3 is 2.28 bits per heavy atom. The molecule has 0 N–H and O–H groups in total. The number of hydrogen-bond acceptors (Lipinski definition) is 0. The van der Waals surface area contributed by atoms with Gasteiger partial charge in [-0.05, 0) is 94.6 Å². The lowest BCUT2D eigenvalue weighted by atomic mass is 9.65. The number of aryl methyl sites for hydroxylation is 1. The van der Waals surface area contributed by atoms with Crippen molar-refractivity contribution in [2.24, 2.45) is 35.5 Å². The van der Waals surface area contributed by atoms with Gasteiger partial charge in [0, 0.05) is 0 Å². The molecule has 0 aromatic heterocycles. The summed E-state index contributed by atoms with van der Waals surface area (Å²) in [6, 6.07) is 11.9. The molecule has 2 bridgehead atoms. The lowest BCUT2D eigenvalue weighted by molar-refractivity contribution is 0.149. The fourth-order valence-corrected chi connectivity index (χ4v) is 8.48. The van der Waals surface area contributed by atoms with E-state index in [1.807, 2.05) is 0 Å². The minimum atomic E-state index is 0.843. The Bertz CT molecular complexity index is 862. The van der Waals surface area contributed by atoms with Crippen LogP contribution in [0.1, 0.15) is 68.1 Å². The van der Waals surface area contributed by atoms with E-state index in [0.29, 0.717) is 0 Å². The Hall–Kier alpha value is -1.30. The highest BCUT2D eigenvalue weighted by atomic mass is 14.7. The van der Waals surface area contributed by atoms with Crippen LogP contribution in [0, 0.1) is 42.4 Å². The van der Waals surface area contributed by atoms with E-state index in [1.54, 1.807) is 22.1 Å². The summed E-state index contributed by atoms with van der Waals surface area (Å²) in [6.07, 6.45) is 5.88. The maximum atomic E-state index is 2.48. The Kier molecular flexibility index (Phi) is 2.91. The van der Waals surface area contributed by atoms with Crippen LogP contribution in [-0.4, -0.2) is 0 Å². The summed E-state index contributed by atoms with van der Waals surface area (Å²) in [5.41, 5.74) is 5.05. The molecule has 8 unspecified atom stereocenters. The van der Waals surface area contributed by atoms with Gasteiger partial charge in [0.25, 0.3) is 0 Å². The topological polar surface area (TPSA) is 0 Å². The molecule has 0 amide bonds. The fraction of sp³-hybridized carbons (Fsp3) is 0.600. The molecule has 0 aliphatic heterocycles. The average molecular weight is 331 g/mol. The van der Waals surface area contributed by atoms with E-state index in [1.165, 1.54) is 31.1 Å². The SMILES string of the molecule is CCC1CC(CC)C2C3CC(C4c5cccc6ccc(C)c(c56)C34)C12. The van der Waals surface area contributed by atoms with E-state index in [4.69, 9.17) is 0 Å². The summed E-state index contributed by atoms with van der Waals surface area (Å²) in [4.78, 5) is 0. The molecule has 0 radical (unpaired) electrons. The van der Waals surface area contributed by atoms with E-state index in [9.17, 15) is 0 Å². The van der Waals surface area contributed by atoms with Crippen molar-refractivity contribution in [1.82, 2.24) is 0 Å². The lowest BCUT2D eigenvalue weighted by Gasteiger charge is -2.39. The van der Waals surface area contributed by atoms with Gasteiger partial charge in [0.05, 0.1) is 0 Å². The predicted octanol–water partition coefficient (Wildman–Crippen LogP) is 6.67. The van der Waals surface area contributed by atoms with Gasteiger partial charge in [0.1, 0.15) is 0 Å². The van der Waals surface area contributed by atoms with Crippen molar-refractivity contribution in [3.63, 3.8) is 0 Å². The van der Waals surface area contributed by atoms with Gasteiger partial charge in [0.15, 0.2) is 0 Å².